The topological polar surface area (TPSA) is 66.4 Å². The molecule has 2 atom stereocenters. The summed E-state index contributed by atoms with van der Waals surface area (Å²) in [5, 5.41) is 10.9. The molecule has 0 amide bonds. The number of carboxylic acid groups (broad SMARTS) is 1. The first-order valence-corrected chi connectivity index (χ1v) is 5.56. The quantitative estimate of drug-likeness (QED) is 0.516. The van der Waals surface area contributed by atoms with E-state index in [1.807, 2.05) is 19.9 Å². The maximum absolute atomic E-state index is 11.7. The summed E-state index contributed by atoms with van der Waals surface area (Å²) in [5.74, 6) is -2.81. The zero-order chi connectivity index (χ0) is 12.1. The normalized spacial score (nSPS) is 24.4. The Balaban J connectivity index is 2.61. The standard InChI is InChI=1S/C12H18O4/c1-8(2)7-16-12(15)10-6-4-3-5-9(10)11(13)14/h4,6,8-10H,3,5,7H2,1-2H3,(H,13,14)/p-1. The Hall–Kier alpha value is -1.32. The van der Waals surface area contributed by atoms with Gasteiger partial charge >= 0.3 is 5.97 Å². The van der Waals surface area contributed by atoms with Crippen LogP contribution in [-0.2, 0) is 14.3 Å². The molecule has 0 aromatic carbocycles. The van der Waals surface area contributed by atoms with Gasteiger partial charge in [-0.25, -0.2) is 0 Å². The molecule has 0 aromatic rings. The van der Waals surface area contributed by atoms with Gasteiger partial charge in [0.25, 0.3) is 0 Å². The largest absolute Gasteiger partial charge is 0.550 e. The molecular weight excluding hydrogens is 208 g/mol. The Labute approximate surface area is 95.3 Å². The van der Waals surface area contributed by atoms with Crippen LogP contribution in [0.2, 0.25) is 0 Å². The van der Waals surface area contributed by atoms with E-state index in [2.05, 4.69) is 0 Å². The van der Waals surface area contributed by atoms with Crippen molar-refractivity contribution in [2.45, 2.75) is 26.7 Å². The highest BCUT2D eigenvalue weighted by atomic mass is 16.5. The van der Waals surface area contributed by atoms with Crippen LogP contribution in [0.4, 0.5) is 0 Å². The summed E-state index contributed by atoms with van der Waals surface area (Å²) in [5.41, 5.74) is 0. The number of esters is 1. The van der Waals surface area contributed by atoms with E-state index in [1.165, 1.54) is 0 Å². The molecule has 90 valence electrons. The van der Waals surface area contributed by atoms with Crippen LogP contribution in [0.15, 0.2) is 12.2 Å². The lowest BCUT2D eigenvalue weighted by molar-refractivity contribution is -0.313. The maximum atomic E-state index is 11.7. The van der Waals surface area contributed by atoms with Crippen LogP contribution >= 0.6 is 0 Å². The zero-order valence-electron chi connectivity index (χ0n) is 9.64. The molecule has 1 aliphatic rings. The fourth-order valence-corrected chi connectivity index (χ4v) is 1.68. The van der Waals surface area contributed by atoms with Crippen molar-refractivity contribution in [1.82, 2.24) is 0 Å². The van der Waals surface area contributed by atoms with Crippen LogP contribution in [-0.4, -0.2) is 18.5 Å². The number of hydrogen-bond acceptors (Lipinski definition) is 4. The van der Waals surface area contributed by atoms with Crippen LogP contribution in [0.5, 0.6) is 0 Å². The molecule has 4 nitrogen and oxygen atoms in total. The minimum absolute atomic E-state index is 0.248. The summed E-state index contributed by atoms with van der Waals surface area (Å²) < 4.78 is 5.04. The summed E-state index contributed by atoms with van der Waals surface area (Å²) >= 11 is 0. The first-order chi connectivity index (χ1) is 7.52. The average molecular weight is 225 g/mol. The minimum Gasteiger partial charge on any atom is -0.550 e. The lowest BCUT2D eigenvalue weighted by Gasteiger charge is -2.26. The van der Waals surface area contributed by atoms with E-state index in [0.717, 1.165) is 0 Å². The average Bonchev–Trinajstić information content (AvgIpc) is 2.25. The Morgan fingerprint density at radius 2 is 2.19 bits per heavy atom. The Morgan fingerprint density at radius 1 is 1.50 bits per heavy atom. The van der Waals surface area contributed by atoms with Gasteiger partial charge in [0, 0.05) is 11.9 Å². The van der Waals surface area contributed by atoms with Gasteiger partial charge in [-0.15, -0.1) is 0 Å². The molecule has 16 heavy (non-hydrogen) atoms. The Morgan fingerprint density at radius 3 is 2.75 bits per heavy atom. The molecule has 0 fully saturated rings. The summed E-state index contributed by atoms with van der Waals surface area (Å²) in [6.07, 6.45) is 4.56. The second kappa shape index (κ2) is 5.68. The second-order valence-electron chi connectivity index (χ2n) is 4.48. The van der Waals surface area contributed by atoms with E-state index >= 15 is 0 Å². The van der Waals surface area contributed by atoms with Gasteiger partial charge < -0.3 is 14.6 Å². The van der Waals surface area contributed by atoms with E-state index < -0.39 is 23.8 Å². The third-order valence-electron chi connectivity index (χ3n) is 2.56. The van der Waals surface area contributed by atoms with Crippen LogP contribution in [0, 0.1) is 17.8 Å². The van der Waals surface area contributed by atoms with Crippen molar-refractivity contribution in [3.05, 3.63) is 12.2 Å². The van der Waals surface area contributed by atoms with Gasteiger partial charge in [-0.05, 0) is 18.8 Å². The number of hydrogen-bond donors (Lipinski definition) is 0. The van der Waals surface area contributed by atoms with E-state index in [1.54, 1.807) is 6.08 Å². The number of carboxylic acids is 1. The monoisotopic (exact) mass is 225 g/mol. The van der Waals surface area contributed by atoms with Crippen LogP contribution in [0.25, 0.3) is 0 Å². The number of carbonyl (C=O) groups excluding carboxylic acids is 2. The highest BCUT2D eigenvalue weighted by Crippen LogP contribution is 2.25. The van der Waals surface area contributed by atoms with E-state index in [4.69, 9.17) is 4.74 Å². The Bertz CT molecular complexity index is 293. The van der Waals surface area contributed by atoms with Crippen LogP contribution in [0.1, 0.15) is 26.7 Å². The second-order valence-corrected chi connectivity index (χ2v) is 4.48. The van der Waals surface area contributed by atoms with Crippen molar-refractivity contribution in [2.24, 2.45) is 17.8 Å². The van der Waals surface area contributed by atoms with Gasteiger partial charge in [-0.1, -0.05) is 26.0 Å². The highest BCUT2D eigenvalue weighted by molar-refractivity contribution is 5.82. The number of allylic oxidation sites excluding steroid dienone is 1. The van der Waals surface area contributed by atoms with Crippen molar-refractivity contribution in [3.63, 3.8) is 0 Å². The fraction of sp³-hybridized carbons (Fsp3) is 0.667. The molecule has 0 saturated carbocycles. The molecule has 0 radical (unpaired) electrons. The summed E-state index contributed by atoms with van der Waals surface area (Å²) in [6.45, 7) is 4.18. The third-order valence-corrected chi connectivity index (χ3v) is 2.56. The lowest BCUT2D eigenvalue weighted by Crippen LogP contribution is -2.40. The van der Waals surface area contributed by atoms with E-state index in [9.17, 15) is 14.7 Å². The lowest BCUT2D eigenvalue weighted by atomic mass is 9.84. The van der Waals surface area contributed by atoms with Gasteiger partial charge in [-0.3, -0.25) is 4.79 Å². The molecular formula is C12H17O4-. The summed E-state index contributed by atoms with van der Waals surface area (Å²) in [7, 11) is 0. The minimum atomic E-state index is -1.17. The Kier molecular flexibility index (Phi) is 4.52. The molecule has 0 saturated heterocycles. The predicted octanol–water partition coefficient (Wildman–Crippen LogP) is 0.518. The van der Waals surface area contributed by atoms with Gasteiger partial charge in [0.15, 0.2) is 0 Å². The van der Waals surface area contributed by atoms with Gasteiger partial charge in [0.05, 0.1) is 12.5 Å². The first-order valence-electron chi connectivity index (χ1n) is 5.56. The van der Waals surface area contributed by atoms with Crippen molar-refractivity contribution in [2.75, 3.05) is 6.61 Å². The smallest absolute Gasteiger partial charge is 0.313 e. The number of ether oxygens (including phenoxy) is 1. The summed E-state index contributed by atoms with van der Waals surface area (Å²) in [6, 6.07) is 0. The number of aliphatic carboxylic acids is 1. The molecule has 0 bridgehead atoms. The molecule has 0 spiro atoms. The highest BCUT2D eigenvalue weighted by Gasteiger charge is 2.30. The molecule has 0 aliphatic heterocycles. The molecule has 0 N–H and O–H groups in total. The van der Waals surface area contributed by atoms with E-state index in [-0.39, 0.29) is 5.92 Å². The van der Waals surface area contributed by atoms with Crippen molar-refractivity contribution in [3.8, 4) is 0 Å². The summed E-state index contributed by atoms with van der Waals surface area (Å²) in [4.78, 5) is 22.5. The molecule has 1 rings (SSSR count). The third kappa shape index (κ3) is 3.36. The first kappa shape index (κ1) is 12.7. The SMILES string of the molecule is CC(C)COC(=O)C1C=CCCC1C(=O)[O-]. The van der Waals surface area contributed by atoms with Crippen molar-refractivity contribution in [1.29, 1.82) is 0 Å². The van der Waals surface area contributed by atoms with Gasteiger partial charge in [0.1, 0.15) is 0 Å². The van der Waals surface area contributed by atoms with Crippen LogP contribution in [0.3, 0.4) is 0 Å². The maximum Gasteiger partial charge on any atom is 0.313 e. The van der Waals surface area contributed by atoms with Crippen LogP contribution < -0.4 is 5.11 Å². The van der Waals surface area contributed by atoms with Crippen molar-refractivity contribution < 1.29 is 19.4 Å². The fourth-order valence-electron chi connectivity index (χ4n) is 1.68. The van der Waals surface area contributed by atoms with Gasteiger partial charge in [-0.2, -0.15) is 0 Å². The molecule has 0 heterocycles. The predicted molar refractivity (Wildman–Crippen MR) is 56.2 cm³/mol. The number of rotatable bonds is 4. The van der Waals surface area contributed by atoms with Gasteiger partial charge in [0.2, 0.25) is 0 Å². The number of carbonyl (C=O) groups is 2. The molecule has 4 heteroatoms. The van der Waals surface area contributed by atoms with E-state index in [0.29, 0.717) is 19.4 Å². The zero-order valence-corrected chi connectivity index (χ0v) is 9.64. The molecule has 2 unspecified atom stereocenters. The molecule has 1 aliphatic carbocycles. The van der Waals surface area contributed by atoms with Crippen molar-refractivity contribution >= 4 is 11.9 Å². The molecule has 0 aromatic heterocycles.